The highest BCUT2D eigenvalue weighted by atomic mass is 16.6. The number of ether oxygens (including phenoxy) is 3. The van der Waals surface area contributed by atoms with Gasteiger partial charge in [-0.25, -0.2) is 0 Å². The van der Waals surface area contributed by atoms with Crippen molar-refractivity contribution in [1.82, 2.24) is 9.78 Å². The zero-order valence-corrected chi connectivity index (χ0v) is 17.2. The molecule has 1 fully saturated rings. The molecule has 1 heterocycles. The monoisotopic (exact) mass is 436 g/mol. The van der Waals surface area contributed by atoms with Gasteiger partial charge in [-0.15, -0.1) is 0 Å². The Balaban J connectivity index is 2.64. The molecule has 13 heteroatoms. The van der Waals surface area contributed by atoms with E-state index in [-0.39, 0.29) is 18.7 Å². The third-order valence-corrected chi connectivity index (χ3v) is 4.67. The maximum absolute atomic E-state index is 11.9. The molecule has 13 nitrogen and oxygen atoms in total. The van der Waals surface area contributed by atoms with Gasteiger partial charge in [0.05, 0.1) is 17.4 Å². The van der Waals surface area contributed by atoms with E-state index in [0.717, 1.165) is 20.8 Å². The minimum absolute atomic E-state index is 0.00377. The van der Waals surface area contributed by atoms with Crippen molar-refractivity contribution in [2.45, 2.75) is 52.2 Å². The molecule has 0 aromatic carbocycles. The van der Waals surface area contributed by atoms with Crippen molar-refractivity contribution < 1.29 is 38.3 Å². The van der Waals surface area contributed by atoms with Crippen LogP contribution in [0.5, 0.6) is 0 Å². The number of nitrogens with zero attached hydrogens (tertiary/aromatic N) is 4. The number of hydrogen-bond donors (Lipinski definition) is 0. The average Bonchev–Trinajstić information content (AvgIpc) is 3.18. The molecule has 0 saturated heterocycles. The molecule has 0 unspecified atom stereocenters. The summed E-state index contributed by atoms with van der Waals surface area (Å²) in [6.45, 7) is 4.26. The van der Waals surface area contributed by atoms with Crippen LogP contribution in [0, 0.1) is 27.4 Å². The maximum Gasteiger partial charge on any atom is 0.329 e. The highest BCUT2D eigenvalue weighted by Gasteiger charge is 2.52. The minimum Gasteiger partial charge on any atom is -0.465 e. The van der Waals surface area contributed by atoms with E-state index in [2.05, 4.69) is 5.10 Å². The normalized spacial score (nSPS) is 22.3. The topological polar surface area (TPSA) is 181 Å². The van der Waals surface area contributed by atoms with Crippen molar-refractivity contribution in [3.63, 3.8) is 0 Å². The lowest BCUT2D eigenvalue weighted by molar-refractivity contribution is -0.386. The van der Waals surface area contributed by atoms with E-state index >= 15 is 0 Å². The van der Waals surface area contributed by atoms with Gasteiger partial charge in [-0.05, 0) is 6.42 Å². The second-order valence-electron chi connectivity index (χ2n) is 6.94. The van der Waals surface area contributed by atoms with Crippen LogP contribution in [0.2, 0.25) is 0 Å². The van der Waals surface area contributed by atoms with E-state index in [4.69, 9.17) is 14.2 Å². The fraction of sp³-hybridized carbons (Fsp3) is 0.556. The van der Waals surface area contributed by atoms with E-state index in [0.29, 0.717) is 4.68 Å². The molecule has 166 valence electrons. The molecule has 0 N–H and O–H groups in total. The van der Waals surface area contributed by atoms with Gasteiger partial charge in [-0.1, -0.05) is 0 Å². The quantitative estimate of drug-likeness (QED) is 0.267. The zero-order valence-electron chi connectivity index (χ0n) is 17.2. The van der Waals surface area contributed by atoms with E-state index in [1.807, 2.05) is 0 Å². The van der Waals surface area contributed by atoms with Gasteiger partial charge < -0.3 is 14.2 Å². The van der Waals surface area contributed by atoms with E-state index in [1.54, 1.807) is 6.07 Å². The number of esters is 3. The largest absolute Gasteiger partial charge is 0.465 e. The highest BCUT2D eigenvalue weighted by Crippen LogP contribution is 2.45. The van der Waals surface area contributed by atoms with Gasteiger partial charge in [0.25, 0.3) is 0 Å². The Morgan fingerprint density at radius 2 is 1.71 bits per heavy atom. The number of nitriles is 1. The summed E-state index contributed by atoms with van der Waals surface area (Å²) in [5, 5.41) is 25.0. The van der Waals surface area contributed by atoms with Crippen LogP contribution in [0.3, 0.4) is 0 Å². The molecule has 4 atom stereocenters. The first-order chi connectivity index (χ1) is 14.5. The van der Waals surface area contributed by atoms with Gasteiger partial charge in [0, 0.05) is 33.6 Å². The van der Waals surface area contributed by atoms with Crippen LogP contribution in [-0.2, 0) is 28.6 Å². The molecule has 1 aromatic heterocycles. The second-order valence-corrected chi connectivity index (χ2v) is 6.94. The van der Waals surface area contributed by atoms with Gasteiger partial charge in [0.15, 0.2) is 0 Å². The highest BCUT2D eigenvalue weighted by molar-refractivity contribution is 5.78. The SMILES string of the molecule is CC(=O)OC[C@@H]1C[C@@H](c2nn(C(C)=O)c(C#N)c2[N+](=O)[O-])[C@H](OC(C)=O)[C@@H]1OC(C)=O. The summed E-state index contributed by atoms with van der Waals surface area (Å²) in [6, 6.07) is 1.60. The van der Waals surface area contributed by atoms with Crippen molar-refractivity contribution in [2.75, 3.05) is 6.61 Å². The molecular weight excluding hydrogens is 416 g/mol. The van der Waals surface area contributed by atoms with Crippen molar-refractivity contribution >= 4 is 29.5 Å². The van der Waals surface area contributed by atoms with Crippen LogP contribution < -0.4 is 0 Å². The van der Waals surface area contributed by atoms with Crippen LogP contribution in [0.15, 0.2) is 0 Å². The van der Waals surface area contributed by atoms with E-state index < -0.39 is 64.2 Å². The molecule has 0 radical (unpaired) electrons. The number of aromatic nitrogens is 2. The van der Waals surface area contributed by atoms with Gasteiger partial charge in [0.2, 0.25) is 11.6 Å². The van der Waals surface area contributed by atoms with Gasteiger partial charge in [0.1, 0.15) is 24.0 Å². The van der Waals surface area contributed by atoms with Gasteiger partial charge in [-0.3, -0.25) is 29.3 Å². The number of rotatable bonds is 6. The van der Waals surface area contributed by atoms with Crippen molar-refractivity contribution in [1.29, 1.82) is 5.26 Å². The van der Waals surface area contributed by atoms with Crippen LogP contribution in [-0.4, -0.2) is 57.3 Å². The third-order valence-electron chi connectivity index (χ3n) is 4.67. The number of carbonyl (C=O) groups excluding carboxylic acids is 4. The first-order valence-corrected chi connectivity index (χ1v) is 9.14. The second kappa shape index (κ2) is 9.33. The fourth-order valence-corrected chi connectivity index (χ4v) is 3.63. The molecule has 1 aromatic rings. The molecular formula is C18H20N4O9. The van der Waals surface area contributed by atoms with Crippen molar-refractivity contribution in [3.8, 4) is 6.07 Å². The standard InChI is InChI=1S/C18H20N4O9/c1-8(23)21-14(6-19)16(22(27)28)15(20-21)13-5-12(7-29-9(2)24)17(30-10(3)25)18(13)31-11(4)26/h12-13,17-18H,5,7H2,1-4H3/t12-,13-,17+,18-/m0/s1. The van der Waals surface area contributed by atoms with Crippen molar-refractivity contribution in [2.24, 2.45) is 5.92 Å². The first kappa shape index (κ1) is 23.5. The molecule has 1 saturated carbocycles. The predicted octanol–water partition coefficient (Wildman–Crippen LogP) is 0.853. The molecule has 0 aliphatic heterocycles. The van der Waals surface area contributed by atoms with E-state index in [1.165, 1.54) is 6.92 Å². The molecule has 0 spiro atoms. The number of nitro groups is 1. The van der Waals surface area contributed by atoms with Gasteiger partial charge in [-0.2, -0.15) is 15.0 Å². The summed E-state index contributed by atoms with van der Waals surface area (Å²) in [5.41, 5.74) is -1.57. The Morgan fingerprint density at radius 1 is 1.13 bits per heavy atom. The zero-order chi connectivity index (χ0) is 23.5. The summed E-state index contributed by atoms with van der Waals surface area (Å²) >= 11 is 0. The average molecular weight is 436 g/mol. The Kier molecular flexibility index (Phi) is 7.06. The molecule has 1 aliphatic rings. The minimum atomic E-state index is -1.22. The molecule has 31 heavy (non-hydrogen) atoms. The Labute approximate surface area is 176 Å². The maximum atomic E-state index is 11.9. The smallest absolute Gasteiger partial charge is 0.329 e. The summed E-state index contributed by atoms with van der Waals surface area (Å²) in [4.78, 5) is 57.3. The van der Waals surface area contributed by atoms with E-state index in [9.17, 15) is 34.6 Å². The third kappa shape index (κ3) is 5.03. The van der Waals surface area contributed by atoms with Gasteiger partial charge >= 0.3 is 23.6 Å². The Bertz CT molecular complexity index is 977. The summed E-state index contributed by atoms with van der Waals surface area (Å²) in [5.74, 6) is -4.50. The van der Waals surface area contributed by atoms with Crippen LogP contribution in [0.4, 0.5) is 5.69 Å². The Morgan fingerprint density at radius 3 is 2.16 bits per heavy atom. The summed E-state index contributed by atoms with van der Waals surface area (Å²) < 4.78 is 16.2. The Hall–Kier alpha value is -3.82. The lowest BCUT2D eigenvalue weighted by Crippen LogP contribution is -2.37. The van der Waals surface area contributed by atoms with Crippen molar-refractivity contribution in [3.05, 3.63) is 21.5 Å². The fourth-order valence-electron chi connectivity index (χ4n) is 3.63. The number of hydrogen-bond acceptors (Lipinski definition) is 11. The lowest BCUT2D eigenvalue weighted by Gasteiger charge is -2.25. The summed E-state index contributed by atoms with van der Waals surface area (Å²) in [6.07, 6.45) is -2.31. The van der Waals surface area contributed by atoms with Crippen LogP contribution in [0.1, 0.15) is 56.2 Å². The molecule has 0 amide bonds. The van der Waals surface area contributed by atoms with Crippen LogP contribution in [0.25, 0.3) is 0 Å². The predicted molar refractivity (Wildman–Crippen MR) is 98.5 cm³/mol. The number of carbonyl (C=O) groups is 4. The summed E-state index contributed by atoms with van der Waals surface area (Å²) in [7, 11) is 0. The van der Waals surface area contributed by atoms with Crippen LogP contribution >= 0.6 is 0 Å². The molecule has 2 rings (SSSR count). The first-order valence-electron chi connectivity index (χ1n) is 9.14. The molecule has 0 bridgehead atoms. The lowest BCUT2D eigenvalue weighted by atomic mass is 9.98. The molecule has 1 aliphatic carbocycles.